The number of hydrogen-bond donors (Lipinski definition) is 2. The van der Waals surface area contributed by atoms with E-state index in [0.717, 1.165) is 20.7 Å². The number of ether oxygens (including phenoxy) is 1. The molecule has 2 aromatic heterocycles. The lowest BCUT2D eigenvalue weighted by atomic mass is 10.0. The fraction of sp³-hybridized carbons (Fsp3) is 0.350. The van der Waals surface area contributed by atoms with Gasteiger partial charge in [-0.05, 0) is 12.5 Å². The smallest absolute Gasteiger partial charge is 0.355 e. The molecule has 17 heteroatoms. The van der Waals surface area contributed by atoms with Gasteiger partial charge >= 0.3 is 5.97 Å². The number of esters is 1. The second-order valence-electron chi connectivity index (χ2n) is 7.48. The molecule has 12 nitrogen and oxygen atoms in total. The molecule has 0 spiro atoms. The second kappa shape index (κ2) is 11.8. The number of nitrogens with zero attached hydrogens (tertiary/aromatic N) is 5. The molecular weight excluding hydrogens is 582 g/mol. The van der Waals surface area contributed by atoms with Crippen LogP contribution in [-0.4, -0.2) is 80.2 Å². The third kappa shape index (κ3) is 6.09. The average Bonchev–Trinajstić information content (AvgIpc) is 3.49. The summed E-state index contributed by atoms with van der Waals surface area (Å²) >= 11 is 11.2. The highest BCUT2D eigenvalue weighted by molar-refractivity contribution is 8.01. The number of halogens is 1. The number of rotatable bonds is 10. The first-order chi connectivity index (χ1) is 17.7. The summed E-state index contributed by atoms with van der Waals surface area (Å²) < 4.78 is 6.01. The van der Waals surface area contributed by atoms with Gasteiger partial charge in [-0.15, -0.1) is 33.3 Å². The van der Waals surface area contributed by atoms with Crippen molar-refractivity contribution in [2.75, 3.05) is 31.0 Å². The number of carbonyl (C=O) groups is 3. The van der Waals surface area contributed by atoms with Crippen molar-refractivity contribution in [1.29, 1.82) is 0 Å². The van der Waals surface area contributed by atoms with Crippen LogP contribution in [0.4, 0.5) is 5.13 Å². The quantitative estimate of drug-likeness (QED) is 0.135. The molecule has 196 valence electrons. The summed E-state index contributed by atoms with van der Waals surface area (Å²) in [4.78, 5) is 49.4. The lowest BCUT2D eigenvalue weighted by Gasteiger charge is -2.49. The van der Waals surface area contributed by atoms with Crippen LogP contribution in [0.5, 0.6) is 0 Å². The van der Waals surface area contributed by atoms with Crippen LogP contribution in [0.3, 0.4) is 0 Å². The van der Waals surface area contributed by atoms with Crippen LogP contribution < -0.4 is 11.1 Å². The van der Waals surface area contributed by atoms with Crippen molar-refractivity contribution in [3.63, 3.8) is 0 Å². The van der Waals surface area contributed by atoms with Crippen LogP contribution in [0, 0.1) is 6.92 Å². The molecule has 2 aromatic rings. The lowest BCUT2D eigenvalue weighted by molar-refractivity contribution is -0.152. The number of thiazole rings is 1. The van der Waals surface area contributed by atoms with Crippen molar-refractivity contribution in [2.45, 2.75) is 22.7 Å². The molecule has 2 atom stereocenters. The van der Waals surface area contributed by atoms with E-state index in [1.165, 1.54) is 46.9 Å². The molecule has 1 unspecified atom stereocenters. The van der Waals surface area contributed by atoms with Crippen LogP contribution in [0.15, 0.2) is 37.8 Å². The maximum Gasteiger partial charge on any atom is 0.355 e. The zero-order valence-corrected chi connectivity index (χ0v) is 23.4. The minimum absolute atomic E-state index is 0.122. The Hall–Kier alpha value is -2.66. The van der Waals surface area contributed by atoms with Crippen LogP contribution in [0.2, 0.25) is 0 Å². The Bertz CT molecular complexity index is 1310. The van der Waals surface area contributed by atoms with Gasteiger partial charge in [0, 0.05) is 21.9 Å². The Morgan fingerprint density at radius 1 is 1.43 bits per heavy atom. The Labute approximate surface area is 232 Å². The molecule has 1 saturated heterocycles. The molecule has 2 aliphatic heterocycles. The number of oxime groups is 1. The first kappa shape index (κ1) is 27.4. The maximum atomic E-state index is 13.2. The first-order valence-electron chi connectivity index (χ1n) is 10.4. The SMILES string of the molecule is C=C(Cl)COC(=O)C1=C(CSc2nnc(C)s2)CS[C@@H]2C(NC(=O)/C(=N\OC)c3csc(N)n3)C(=O)N12. The number of nitrogen functional groups attached to an aromatic ring is 1. The normalized spacial score (nSPS) is 19.3. The van der Waals surface area contributed by atoms with Gasteiger partial charge in [0.05, 0.1) is 0 Å². The van der Waals surface area contributed by atoms with Gasteiger partial charge in [-0.25, -0.2) is 9.78 Å². The van der Waals surface area contributed by atoms with Crippen LogP contribution in [-0.2, 0) is 24.0 Å². The van der Waals surface area contributed by atoms with Crippen molar-refractivity contribution in [3.8, 4) is 0 Å². The number of carbonyl (C=O) groups excluding carboxylic acids is 3. The molecule has 2 aliphatic rings. The fourth-order valence-corrected chi connectivity index (χ4v) is 7.29. The lowest BCUT2D eigenvalue weighted by Crippen LogP contribution is -2.71. The van der Waals surface area contributed by atoms with E-state index in [9.17, 15) is 14.4 Å². The van der Waals surface area contributed by atoms with Crippen LogP contribution >= 0.6 is 57.8 Å². The highest BCUT2D eigenvalue weighted by atomic mass is 35.5. The monoisotopic (exact) mass is 601 g/mol. The molecule has 0 radical (unpaired) electrons. The van der Waals surface area contributed by atoms with Crippen molar-refractivity contribution >= 4 is 86.4 Å². The van der Waals surface area contributed by atoms with Gasteiger partial charge in [-0.1, -0.05) is 46.4 Å². The Kier molecular flexibility index (Phi) is 8.74. The number of anilines is 1. The molecule has 37 heavy (non-hydrogen) atoms. The first-order valence-corrected chi connectivity index (χ1v) is 14.5. The standard InChI is InChI=1S/C20H20ClN7O5S4/c1-8(21)4-33-18(31)14-10(6-36-20-26-25-9(2)37-20)5-34-17-13(16(30)28(14)17)24-15(29)12(27-32-3)11-7-35-19(22)23-11/h7,13,17H,1,4-6H2,2-3H3,(H2,22,23)(H,24,29)/b27-12-/t13?,17-/m1/s1. The third-order valence-corrected chi connectivity index (χ3v) is 9.11. The van der Waals surface area contributed by atoms with Crippen molar-refractivity contribution in [3.05, 3.63) is 39.0 Å². The molecule has 3 N–H and O–H groups in total. The highest BCUT2D eigenvalue weighted by Crippen LogP contribution is 2.42. The second-order valence-corrected chi connectivity index (χ2v) is 12.4. The molecule has 0 aromatic carbocycles. The number of nitrogens with one attached hydrogen (secondary N) is 1. The third-order valence-electron chi connectivity index (χ3n) is 4.93. The Morgan fingerprint density at radius 3 is 2.84 bits per heavy atom. The van der Waals surface area contributed by atoms with Gasteiger partial charge in [-0.2, -0.15) is 0 Å². The van der Waals surface area contributed by atoms with Gasteiger partial charge in [0.1, 0.15) is 41.5 Å². The highest BCUT2D eigenvalue weighted by Gasteiger charge is 2.54. The molecule has 0 bridgehead atoms. The van der Waals surface area contributed by atoms with Gasteiger partial charge in [-0.3, -0.25) is 14.5 Å². The van der Waals surface area contributed by atoms with Crippen LogP contribution in [0.1, 0.15) is 10.7 Å². The fourth-order valence-electron chi connectivity index (χ4n) is 3.38. The number of fused-ring (bicyclic) bond motifs is 1. The number of hydrogen-bond acceptors (Lipinski definition) is 14. The van der Waals surface area contributed by atoms with Crippen LogP contribution in [0.25, 0.3) is 0 Å². The summed E-state index contributed by atoms with van der Waals surface area (Å²) in [6.45, 7) is 5.17. The average molecular weight is 602 g/mol. The topological polar surface area (TPSA) is 162 Å². The van der Waals surface area contributed by atoms with Gasteiger partial charge < -0.3 is 20.6 Å². The van der Waals surface area contributed by atoms with E-state index in [1.807, 2.05) is 6.92 Å². The minimum Gasteiger partial charge on any atom is -0.455 e. The zero-order chi connectivity index (χ0) is 26.7. The number of nitrogens with two attached hydrogens (primary N) is 1. The molecular formula is C20H20ClN7O5S4. The summed E-state index contributed by atoms with van der Waals surface area (Å²) in [5, 5.41) is 16.8. The van der Waals surface area contributed by atoms with E-state index >= 15 is 0 Å². The molecule has 0 aliphatic carbocycles. The Balaban J connectivity index is 1.53. The predicted octanol–water partition coefficient (Wildman–Crippen LogP) is 1.98. The zero-order valence-electron chi connectivity index (χ0n) is 19.4. The number of amides is 2. The molecule has 0 saturated carbocycles. The van der Waals surface area contributed by atoms with Gasteiger partial charge in [0.25, 0.3) is 11.8 Å². The van der Waals surface area contributed by atoms with Gasteiger partial charge in [0.2, 0.25) is 0 Å². The van der Waals surface area contributed by atoms with E-state index in [1.54, 1.807) is 5.38 Å². The predicted molar refractivity (Wildman–Crippen MR) is 143 cm³/mol. The van der Waals surface area contributed by atoms with Crippen molar-refractivity contribution in [1.82, 2.24) is 25.4 Å². The Morgan fingerprint density at radius 2 is 2.22 bits per heavy atom. The van der Waals surface area contributed by atoms with E-state index in [4.69, 9.17) is 26.9 Å². The summed E-state index contributed by atoms with van der Waals surface area (Å²) in [5.41, 5.74) is 6.59. The molecule has 4 heterocycles. The van der Waals surface area contributed by atoms with E-state index in [-0.39, 0.29) is 33.9 Å². The number of β-lactam (4-membered cyclic amide) rings is 1. The summed E-state index contributed by atoms with van der Waals surface area (Å²) in [6.07, 6.45) is 0. The summed E-state index contributed by atoms with van der Waals surface area (Å²) in [7, 11) is 1.29. The number of aryl methyl sites for hydroxylation is 1. The number of thioether (sulfide) groups is 2. The summed E-state index contributed by atoms with van der Waals surface area (Å²) in [6, 6.07) is -0.902. The molecule has 1 fully saturated rings. The largest absolute Gasteiger partial charge is 0.455 e. The summed E-state index contributed by atoms with van der Waals surface area (Å²) in [5.74, 6) is -0.998. The van der Waals surface area contributed by atoms with E-state index < -0.39 is 29.2 Å². The van der Waals surface area contributed by atoms with Crippen molar-refractivity contribution < 1.29 is 24.0 Å². The van der Waals surface area contributed by atoms with Crippen molar-refractivity contribution in [2.24, 2.45) is 5.16 Å². The number of aromatic nitrogens is 3. The van der Waals surface area contributed by atoms with E-state index in [2.05, 4.69) is 32.2 Å². The minimum atomic E-state index is -0.902. The van der Waals surface area contributed by atoms with E-state index in [0.29, 0.717) is 17.1 Å². The molecule has 4 rings (SSSR count). The maximum absolute atomic E-state index is 13.2. The molecule has 2 amide bonds. The van der Waals surface area contributed by atoms with Gasteiger partial charge in [0.15, 0.2) is 15.2 Å².